The molecule has 0 aromatic heterocycles. The Morgan fingerprint density at radius 2 is 1.93 bits per heavy atom. The van der Waals surface area contributed by atoms with Crippen LogP contribution in [0.5, 0.6) is 0 Å². The molecule has 1 rings (SSSR count). The molecule has 2 heteroatoms. The van der Waals surface area contributed by atoms with E-state index in [4.69, 9.17) is 0 Å². The van der Waals surface area contributed by atoms with Crippen LogP contribution in [0.4, 0.5) is 0 Å². The molecule has 0 bridgehead atoms. The first-order chi connectivity index (χ1) is 6.56. The van der Waals surface area contributed by atoms with Crippen LogP contribution in [0.15, 0.2) is 30.3 Å². The van der Waals surface area contributed by atoms with Crippen molar-refractivity contribution in [3.05, 3.63) is 35.9 Å². The second-order valence-corrected chi connectivity index (χ2v) is 3.71. The third kappa shape index (κ3) is 2.67. The molecule has 0 heterocycles. The molecule has 2 nitrogen and oxygen atoms in total. The number of aliphatic hydroxyl groups is 1. The molecule has 76 valence electrons. The smallest absolute Gasteiger partial charge is 0.164 e. The van der Waals surface area contributed by atoms with E-state index in [1.807, 2.05) is 30.3 Å². The van der Waals surface area contributed by atoms with Gasteiger partial charge in [0.15, 0.2) is 5.78 Å². The van der Waals surface area contributed by atoms with E-state index in [1.165, 1.54) is 0 Å². The first kappa shape index (κ1) is 10.9. The van der Waals surface area contributed by atoms with Crippen LogP contribution < -0.4 is 0 Å². The van der Waals surface area contributed by atoms with Crippen molar-refractivity contribution in [3.63, 3.8) is 0 Å². The molecule has 0 saturated carbocycles. The van der Waals surface area contributed by atoms with E-state index in [9.17, 15) is 9.90 Å². The monoisotopic (exact) mass is 192 g/mol. The number of ketones is 1. The summed E-state index contributed by atoms with van der Waals surface area (Å²) in [5.74, 6) is -0.110. The maximum atomic E-state index is 11.4. The topological polar surface area (TPSA) is 37.3 Å². The van der Waals surface area contributed by atoms with Crippen LogP contribution in [-0.2, 0) is 11.2 Å². The van der Waals surface area contributed by atoms with Gasteiger partial charge in [-0.15, -0.1) is 0 Å². The van der Waals surface area contributed by atoms with Gasteiger partial charge in [-0.25, -0.2) is 0 Å². The van der Waals surface area contributed by atoms with Crippen LogP contribution in [0.2, 0.25) is 0 Å². The Hall–Kier alpha value is -1.15. The van der Waals surface area contributed by atoms with Crippen molar-refractivity contribution in [3.8, 4) is 0 Å². The normalized spacial score (nSPS) is 14.8. The van der Waals surface area contributed by atoms with Crippen LogP contribution in [0.1, 0.15) is 25.8 Å². The van der Waals surface area contributed by atoms with Crippen molar-refractivity contribution in [2.24, 2.45) is 0 Å². The summed E-state index contributed by atoms with van der Waals surface area (Å²) in [7, 11) is 0. The highest BCUT2D eigenvalue weighted by Crippen LogP contribution is 2.15. The quantitative estimate of drug-likeness (QED) is 0.791. The fourth-order valence-corrected chi connectivity index (χ4v) is 1.47. The molecule has 0 amide bonds. The Morgan fingerprint density at radius 3 is 2.43 bits per heavy atom. The van der Waals surface area contributed by atoms with E-state index in [2.05, 4.69) is 0 Å². The van der Waals surface area contributed by atoms with Gasteiger partial charge in [0.1, 0.15) is 5.60 Å². The van der Waals surface area contributed by atoms with E-state index in [0.29, 0.717) is 12.8 Å². The molecule has 0 spiro atoms. The third-order valence-corrected chi connectivity index (χ3v) is 2.31. The van der Waals surface area contributed by atoms with Gasteiger partial charge in [0, 0.05) is 12.8 Å². The fourth-order valence-electron chi connectivity index (χ4n) is 1.47. The van der Waals surface area contributed by atoms with Gasteiger partial charge in [-0.05, 0) is 12.5 Å². The number of rotatable bonds is 4. The molecule has 1 aromatic rings. The van der Waals surface area contributed by atoms with Crippen molar-refractivity contribution in [2.75, 3.05) is 0 Å². The molecular weight excluding hydrogens is 176 g/mol. The van der Waals surface area contributed by atoms with Crippen molar-refractivity contribution in [1.29, 1.82) is 0 Å². The Kier molecular flexibility index (Phi) is 3.42. The summed E-state index contributed by atoms with van der Waals surface area (Å²) in [4.78, 5) is 11.4. The Balaban J connectivity index is 2.73. The minimum Gasteiger partial charge on any atom is -0.382 e. The zero-order valence-corrected chi connectivity index (χ0v) is 8.66. The van der Waals surface area contributed by atoms with Gasteiger partial charge in [-0.1, -0.05) is 37.3 Å². The van der Waals surface area contributed by atoms with Gasteiger partial charge in [0.05, 0.1) is 0 Å². The number of hydrogen-bond acceptors (Lipinski definition) is 2. The SMILES string of the molecule is CCC(=O)C(C)(O)Cc1ccccc1. The predicted octanol–water partition coefficient (Wildman–Crippen LogP) is 1.96. The lowest BCUT2D eigenvalue weighted by Crippen LogP contribution is -2.36. The Morgan fingerprint density at radius 1 is 1.36 bits per heavy atom. The highest BCUT2D eigenvalue weighted by Gasteiger charge is 2.28. The van der Waals surface area contributed by atoms with Crippen LogP contribution >= 0.6 is 0 Å². The van der Waals surface area contributed by atoms with Crippen LogP contribution in [0, 0.1) is 0 Å². The predicted molar refractivity (Wildman–Crippen MR) is 56.1 cm³/mol. The van der Waals surface area contributed by atoms with Gasteiger partial charge >= 0.3 is 0 Å². The van der Waals surface area contributed by atoms with E-state index in [1.54, 1.807) is 13.8 Å². The number of Topliss-reactive ketones (excluding diaryl/α,β-unsaturated/α-hetero) is 1. The lowest BCUT2D eigenvalue weighted by atomic mass is 9.91. The summed E-state index contributed by atoms with van der Waals surface area (Å²) < 4.78 is 0. The summed E-state index contributed by atoms with van der Waals surface area (Å²) in [6, 6.07) is 9.55. The molecular formula is C12H16O2. The number of carbonyl (C=O) groups is 1. The second-order valence-electron chi connectivity index (χ2n) is 3.71. The molecule has 0 aliphatic carbocycles. The molecule has 0 radical (unpaired) electrons. The molecule has 1 atom stereocenters. The van der Waals surface area contributed by atoms with E-state index in [-0.39, 0.29) is 5.78 Å². The van der Waals surface area contributed by atoms with Gasteiger partial charge in [-0.3, -0.25) is 4.79 Å². The summed E-state index contributed by atoms with van der Waals surface area (Å²) in [6.07, 6.45) is 0.764. The van der Waals surface area contributed by atoms with E-state index in [0.717, 1.165) is 5.56 Å². The van der Waals surface area contributed by atoms with Crippen LogP contribution in [-0.4, -0.2) is 16.5 Å². The van der Waals surface area contributed by atoms with Crippen molar-refractivity contribution < 1.29 is 9.90 Å². The maximum Gasteiger partial charge on any atom is 0.164 e. The fraction of sp³-hybridized carbons (Fsp3) is 0.417. The molecule has 1 N–H and O–H groups in total. The molecule has 14 heavy (non-hydrogen) atoms. The summed E-state index contributed by atoms with van der Waals surface area (Å²) in [6.45, 7) is 3.34. The molecule has 0 aliphatic rings. The summed E-state index contributed by atoms with van der Waals surface area (Å²) in [5.41, 5.74) is -0.241. The lowest BCUT2D eigenvalue weighted by molar-refractivity contribution is -0.135. The van der Waals surface area contributed by atoms with Gasteiger partial charge in [0.25, 0.3) is 0 Å². The minimum absolute atomic E-state index is 0.110. The molecule has 1 unspecified atom stereocenters. The lowest BCUT2D eigenvalue weighted by Gasteiger charge is -2.20. The number of benzene rings is 1. The highest BCUT2D eigenvalue weighted by molar-refractivity contribution is 5.86. The van der Waals surface area contributed by atoms with Crippen LogP contribution in [0.25, 0.3) is 0 Å². The van der Waals surface area contributed by atoms with E-state index >= 15 is 0 Å². The number of carbonyl (C=O) groups excluding carboxylic acids is 1. The zero-order valence-electron chi connectivity index (χ0n) is 8.66. The maximum absolute atomic E-state index is 11.4. The van der Waals surface area contributed by atoms with Crippen molar-refractivity contribution in [1.82, 2.24) is 0 Å². The molecule has 0 saturated heterocycles. The molecule has 0 aliphatic heterocycles. The largest absolute Gasteiger partial charge is 0.382 e. The zero-order chi connectivity index (χ0) is 10.6. The van der Waals surface area contributed by atoms with Crippen LogP contribution in [0.3, 0.4) is 0 Å². The standard InChI is InChI=1S/C12H16O2/c1-3-11(13)12(2,14)9-10-7-5-4-6-8-10/h4-8,14H,3,9H2,1-2H3. The highest BCUT2D eigenvalue weighted by atomic mass is 16.3. The second kappa shape index (κ2) is 4.38. The Labute approximate surface area is 84.6 Å². The van der Waals surface area contributed by atoms with Gasteiger partial charge in [0.2, 0.25) is 0 Å². The number of hydrogen-bond donors (Lipinski definition) is 1. The molecule has 0 fully saturated rings. The minimum atomic E-state index is -1.23. The first-order valence-electron chi connectivity index (χ1n) is 4.86. The van der Waals surface area contributed by atoms with Gasteiger partial charge < -0.3 is 5.11 Å². The first-order valence-corrected chi connectivity index (χ1v) is 4.86. The average Bonchev–Trinajstić information content (AvgIpc) is 2.17. The third-order valence-electron chi connectivity index (χ3n) is 2.31. The molecule has 1 aromatic carbocycles. The Bertz CT molecular complexity index is 301. The summed E-state index contributed by atoms with van der Waals surface area (Å²) in [5, 5.41) is 9.89. The summed E-state index contributed by atoms with van der Waals surface area (Å²) >= 11 is 0. The van der Waals surface area contributed by atoms with Crippen molar-refractivity contribution in [2.45, 2.75) is 32.3 Å². The van der Waals surface area contributed by atoms with Crippen molar-refractivity contribution >= 4 is 5.78 Å². The average molecular weight is 192 g/mol. The van der Waals surface area contributed by atoms with Gasteiger partial charge in [-0.2, -0.15) is 0 Å². The van der Waals surface area contributed by atoms with E-state index < -0.39 is 5.60 Å².